The first-order valence-electron chi connectivity index (χ1n) is 7.02. The number of rotatable bonds is 3. The molecule has 1 aliphatic heterocycles. The van der Waals surface area contributed by atoms with Crippen molar-refractivity contribution in [1.82, 2.24) is 5.32 Å². The first-order chi connectivity index (χ1) is 11.3. The molecule has 1 aromatic heterocycles. The first kappa shape index (κ1) is 16.4. The predicted octanol–water partition coefficient (Wildman–Crippen LogP) is 4.31. The van der Waals surface area contributed by atoms with E-state index >= 15 is 0 Å². The van der Waals surface area contributed by atoms with Crippen molar-refractivity contribution in [3.8, 4) is 0 Å². The van der Waals surface area contributed by atoms with Gasteiger partial charge in [-0.1, -0.05) is 12.2 Å². The third kappa shape index (κ3) is 2.96. The van der Waals surface area contributed by atoms with Crippen LogP contribution >= 0.6 is 11.3 Å². The van der Waals surface area contributed by atoms with Gasteiger partial charge in [0.25, 0.3) is 0 Å². The molecule has 2 heterocycles. The van der Waals surface area contributed by atoms with Gasteiger partial charge in [0.15, 0.2) is 0 Å². The number of aromatic carboxylic acids is 1. The summed E-state index contributed by atoms with van der Waals surface area (Å²) >= 11 is 1.25. The molecule has 2 aliphatic rings. The lowest BCUT2D eigenvalue weighted by Gasteiger charge is -2.26. The molecule has 0 bridgehead atoms. The highest BCUT2D eigenvalue weighted by molar-refractivity contribution is 7.16. The molecule has 4 nitrogen and oxygen atoms in total. The lowest BCUT2D eigenvalue weighted by atomic mass is 9.94. The fourth-order valence-electron chi connectivity index (χ4n) is 2.60. The average molecular weight is 354 g/mol. The topological polar surface area (TPSA) is 61.4 Å². The number of nitrogens with one attached hydrogen (secondary N) is 2. The molecule has 3 N–H and O–H groups in total. The Hall–Kier alpha value is -2.48. The second-order valence-electron chi connectivity index (χ2n) is 5.29. The summed E-state index contributed by atoms with van der Waals surface area (Å²) in [7, 11) is 0. The third-order valence-corrected chi connectivity index (χ3v) is 4.59. The SMILES string of the molecule is Cc1cc(C(=O)O)c(NC2=C3CC=CC(C(F)(F)F)=C3NC=C2)s1. The Labute approximate surface area is 139 Å². The van der Waals surface area contributed by atoms with Crippen molar-refractivity contribution >= 4 is 22.3 Å². The van der Waals surface area contributed by atoms with Gasteiger partial charge in [0.05, 0.1) is 16.8 Å². The molecule has 0 unspecified atom stereocenters. The van der Waals surface area contributed by atoms with Crippen LogP contribution in [0.25, 0.3) is 0 Å². The monoisotopic (exact) mass is 354 g/mol. The van der Waals surface area contributed by atoms with E-state index in [0.29, 0.717) is 22.7 Å². The maximum atomic E-state index is 13.1. The average Bonchev–Trinajstić information content (AvgIpc) is 2.87. The van der Waals surface area contributed by atoms with Gasteiger partial charge in [0.1, 0.15) is 5.00 Å². The molecule has 0 saturated carbocycles. The molecular formula is C16H13F3N2O2S. The van der Waals surface area contributed by atoms with Crippen molar-refractivity contribution in [1.29, 1.82) is 0 Å². The van der Waals surface area contributed by atoms with E-state index < -0.39 is 17.7 Å². The molecule has 0 saturated heterocycles. The van der Waals surface area contributed by atoms with Crippen molar-refractivity contribution < 1.29 is 23.1 Å². The van der Waals surface area contributed by atoms with Crippen LogP contribution in [0.4, 0.5) is 18.2 Å². The van der Waals surface area contributed by atoms with Gasteiger partial charge >= 0.3 is 12.1 Å². The number of carbonyl (C=O) groups is 1. The Bertz CT molecular complexity index is 829. The zero-order valence-corrected chi connectivity index (χ0v) is 13.3. The van der Waals surface area contributed by atoms with Crippen molar-refractivity contribution in [3.05, 3.63) is 63.5 Å². The number of carboxylic acids is 1. The van der Waals surface area contributed by atoms with Gasteiger partial charge in [-0.25, -0.2) is 4.79 Å². The summed E-state index contributed by atoms with van der Waals surface area (Å²) in [6.07, 6.45) is 1.37. The molecule has 1 aromatic rings. The standard InChI is InChI=1S/C16H13F3N2O2S/c1-8-7-10(15(22)23)14(24-8)21-12-5-6-20-13-9(12)3-2-4-11(13)16(17,18)19/h2,4-7,20-21H,3H2,1H3,(H,22,23). The van der Waals surface area contributed by atoms with E-state index in [0.717, 1.165) is 11.0 Å². The minimum atomic E-state index is -4.47. The van der Waals surface area contributed by atoms with Crippen molar-refractivity contribution in [2.24, 2.45) is 0 Å². The maximum absolute atomic E-state index is 13.1. The summed E-state index contributed by atoms with van der Waals surface area (Å²) in [6, 6.07) is 1.53. The Kier molecular flexibility index (Phi) is 4.00. The van der Waals surface area contributed by atoms with E-state index in [1.807, 2.05) is 0 Å². The third-order valence-electron chi connectivity index (χ3n) is 3.62. The Balaban J connectivity index is 2.04. The summed E-state index contributed by atoms with van der Waals surface area (Å²) in [6.45, 7) is 1.77. The summed E-state index contributed by atoms with van der Waals surface area (Å²) < 4.78 is 39.4. The normalized spacial score (nSPS) is 17.0. The molecule has 0 aromatic carbocycles. The number of allylic oxidation sites excluding steroid dienone is 5. The minimum Gasteiger partial charge on any atom is -0.478 e. The molecule has 0 amide bonds. The molecule has 0 radical (unpaired) electrons. The molecule has 0 spiro atoms. The maximum Gasteiger partial charge on any atom is 0.418 e. The molecule has 1 aliphatic carbocycles. The zero-order chi connectivity index (χ0) is 17.5. The number of alkyl halides is 3. The van der Waals surface area contributed by atoms with Crippen LogP contribution in [-0.4, -0.2) is 17.3 Å². The Morgan fingerprint density at radius 3 is 2.79 bits per heavy atom. The smallest absolute Gasteiger partial charge is 0.418 e. The summed E-state index contributed by atoms with van der Waals surface area (Å²) in [5.74, 6) is -1.08. The van der Waals surface area contributed by atoms with Crippen LogP contribution in [0, 0.1) is 6.92 Å². The zero-order valence-electron chi connectivity index (χ0n) is 12.5. The van der Waals surface area contributed by atoms with Crippen LogP contribution in [-0.2, 0) is 0 Å². The highest BCUT2D eigenvalue weighted by Gasteiger charge is 2.37. The van der Waals surface area contributed by atoms with Crippen molar-refractivity contribution in [2.75, 3.05) is 5.32 Å². The number of aryl methyl sites for hydroxylation is 1. The van der Waals surface area contributed by atoms with Crippen LogP contribution < -0.4 is 10.6 Å². The van der Waals surface area contributed by atoms with Crippen LogP contribution in [0.1, 0.15) is 21.7 Å². The van der Waals surface area contributed by atoms with Crippen molar-refractivity contribution in [2.45, 2.75) is 19.5 Å². The molecule has 24 heavy (non-hydrogen) atoms. The number of halogens is 3. The summed E-state index contributed by atoms with van der Waals surface area (Å²) in [4.78, 5) is 12.1. The first-order valence-corrected chi connectivity index (χ1v) is 7.84. The quantitative estimate of drug-likeness (QED) is 0.757. The number of carboxylic acid groups (broad SMARTS) is 1. The highest BCUT2D eigenvalue weighted by atomic mass is 32.1. The largest absolute Gasteiger partial charge is 0.478 e. The van der Waals surface area contributed by atoms with E-state index in [2.05, 4.69) is 10.6 Å². The highest BCUT2D eigenvalue weighted by Crippen LogP contribution is 2.38. The van der Waals surface area contributed by atoms with E-state index in [-0.39, 0.29) is 11.3 Å². The van der Waals surface area contributed by atoms with Gasteiger partial charge in [-0.05, 0) is 25.5 Å². The number of thiophene rings is 1. The van der Waals surface area contributed by atoms with E-state index in [1.165, 1.54) is 29.7 Å². The number of hydrogen-bond acceptors (Lipinski definition) is 4. The molecule has 3 rings (SSSR count). The van der Waals surface area contributed by atoms with Crippen LogP contribution in [0.3, 0.4) is 0 Å². The van der Waals surface area contributed by atoms with Gasteiger partial charge in [0, 0.05) is 22.3 Å². The molecule has 0 atom stereocenters. The minimum absolute atomic E-state index is 0.000142. The number of dihydropyridines is 1. The van der Waals surface area contributed by atoms with E-state index in [9.17, 15) is 23.1 Å². The number of fused-ring (bicyclic) bond motifs is 1. The molecule has 0 fully saturated rings. The van der Waals surface area contributed by atoms with Crippen LogP contribution in [0.2, 0.25) is 0 Å². The summed E-state index contributed by atoms with van der Waals surface area (Å²) in [5, 5.41) is 15.3. The lowest BCUT2D eigenvalue weighted by Crippen LogP contribution is -2.25. The van der Waals surface area contributed by atoms with Gasteiger partial charge in [-0.2, -0.15) is 13.2 Å². The second kappa shape index (κ2) is 5.86. The number of anilines is 1. The molecule has 126 valence electrons. The summed E-state index contributed by atoms with van der Waals surface area (Å²) in [5.41, 5.74) is 0.271. The molecule has 8 heteroatoms. The van der Waals surface area contributed by atoms with Gasteiger partial charge in [-0.3, -0.25) is 0 Å². The fourth-order valence-corrected chi connectivity index (χ4v) is 3.52. The predicted molar refractivity (Wildman–Crippen MR) is 85.8 cm³/mol. The lowest BCUT2D eigenvalue weighted by molar-refractivity contribution is -0.0892. The Morgan fingerprint density at radius 1 is 1.38 bits per heavy atom. The van der Waals surface area contributed by atoms with Gasteiger partial charge in [-0.15, -0.1) is 11.3 Å². The van der Waals surface area contributed by atoms with E-state index in [4.69, 9.17) is 0 Å². The molecular weight excluding hydrogens is 341 g/mol. The fraction of sp³-hybridized carbons (Fsp3) is 0.188. The Morgan fingerprint density at radius 2 is 2.12 bits per heavy atom. The van der Waals surface area contributed by atoms with E-state index in [1.54, 1.807) is 13.0 Å². The van der Waals surface area contributed by atoms with Gasteiger partial charge in [0.2, 0.25) is 0 Å². The van der Waals surface area contributed by atoms with Crippen LogP contribution in [0.5, 0.6) is 0 Å². The number of hydrogen-bond donors (Lipinski definition) is 3. The van der Waals surface area contributed by atoms with Gasteiger partial charge < -0.3 is 15.7 Å². The van der Waals surface area contributed by atoms with Crippen molar-refractivity contribution in [3.63, 3.8) is 0 Å². The van der Waals surface area contributed by atoms with Crippen LogP contribution in [0.15, 0.2) is 53.0 Å². The second-order valence-corrected chi connectivity index (χ2v) is 6.55.